The number of aliphatic hydroxyl groups is 1. The fourth-order valence-corrected chi connectivity index (χ4v) is 2.27. The highest BCUT2D eigenvalue weighted by molar-refractivity contribution is 5.63. The molecule has 0 saturated carbocycles. The van der Waals surface area contributed by atoms with Crippen LogP contribution in [-0.4, -0.2) is 20.3 Å². The molecule has 0 spiro atoms. The van der Waals surface area contributed by atoms with Crippen molar-refractivity contribution in [3.63, 3.8) is 0 Å². The van der Waals surface area contributed by atoms with E-state index in [-0.39, 0.29) is 0 Å². The van der Waals surface area contributed by atoms with Crippen LogP contribution in [0.25, 0.3) is 11.3 Å². The summed E-state index contributed by atoms with van der Waals surface area (Å²) in [6.45, 7) is 1.96. The van der Waals surface area contributed by atoms with Crippen molar-refractivity contribution in [1.29, 1.82) is 0 Å². The SMILES string of the molecule is Cc1ccncc1C(O)c1cn[nH]c1-c1ccccc1. The summed E-state index contributed by atoms with van der Waals surface area (Å²) in [7, 11) is 0. The first-order valence-electron chi connectivity index (χ1n) is 6.44. The number of rotatable bonds is 3. The summed E-state index contributed by atoms with van der Waals surface area (Å²) < 4.78 is 0. The van der Waals surface area contributed by atoms with Crippen LogP contribution in [0.1, 0.15) is 22.8 Å². The minimum Gasteiger partial charge on any atom is -0.383 e. The van der Waals surface area contributed by atoms with Crippen molar-refractivity contribution in [2.24, 2.45) is 0 Å². The van der Waals surface area contributed by atoms with Crippen LogP contribution in [0.5, 0.6) is 0 Å². The van der Waals surface area contributed by atoms with Crippen molar-refractivity contribution in [2.45, 2.75) is 13.0 Å². The number of aromatic amines is 1. The molecule has 2 heterocycles. The van der Waals surface area contributed by atoms with Crippen molar-refractivity contribution in [2.75, 3.05) is 0 Å². The summed E-state index contributed by atoms with van der Waals surface area (Å²) in [6, 6.07) is 11.7. The molecule has 20 heavy (non-hydrogen) atoms. The molecular weight excluding hydrogens is 250 g/mol. The maximum Gasteiger partial charge on any atom is 0.109 e. The molecule has 0 radical (unpaired) electrons. The van der Waals surface area contributed by atoms with Gasteiger partial charge in [0.15, 0.2) is 0 Å². The number of H-pyrrole nitrogens is 1. The number of hydrogen-bond donors (Lipinski definition) is 2. The quantitative estimate of drug-likeness (QED) is 0.765. The van der Waals surface area contributed by atoms with Crippen molar-refractivity contribution in [1.82, 2.24) is 15.2 Å². The monoisotopic (exact) mass is 265 g/mol. The molecule has 0 amide bonds. The molecule has 0 aliphatic rings. The van der Waals surface area contributed by atoms with E-state index in [1.807, 2.05) is 43.3 Å². The van der Waals surface area contributed by atoms with Crippen molar-refractivity contribution >= 4 is 0 Å². The maximum atomic E-state index is 10.6. The van der Waals surface area contributed by atoms with E-state index in [1.54, 1.807) is 18.6 Å². The molecule has 3 rings (SSSR count). The Morgan fingerprint density at radius 2 is 1.85 bits per heavy atom. The van der Waals surface area contributed by atoms with E-state index in [9.17, 15) is 5.11 Å². The van der Waals surface area contributed by atoms with Crippen LogP contribution in [0, 0.1) is 6.92 Å². The molecule has 1 unspecified atom stereocenters. The van der Waals surface area contributed by atoms with Gasteiger partial charge in [0, 0.05) is 23.5 Å². The van der Waals surface area contributed by atoms with E-state index in [4.69, 9.17) is 0 Å². The Hall–Kier alpha value is -2.46. The standard InChI is InChI=1S/C16H15N3O/c1-11-7-8-17-9-13(11)16(20)14-10-18-19-15(14)12-5-3-2-4-6-12/h2-10,16,20H,1H3,(H,18,19). The summed E-state index contributed by atoms with van der Waals surface area (Å²) >= 11 is 0. The van der Waals surface area contributed by atoms with Gasteiger partial charge in [0.2, 0.25) is 0 Å². The highest BCUT2D eigenvalue weighted by atomic mass is 16.3. The fraction of sp³-hybridized carbons (Fsp3) is 0.125. The predicted octanol–water partition coefficient (Wildman–Crippen LogP) is 2.86. The number of aryl methyl sites for hydroxylation is 1. The van der Waals surface area contributed by atoms with Gasteiger partial charge in [-0.2, -0.15) is 5.10 Å². The van der Waals surface area contributed by atoms with Gasteiger partial charge in [-0.25, -0.2) is 0 Å². The summed E-state index contributed by atoms with van der Waals surface area (Å²) in [4.78, 5) is 4.09. The zero-order chi connectivity index (χ0) is 13.9. The first kappa shape index (κ1) is 12.6. The maximum absolute atomic E-state index is 10.6. The lowest BCUT2D eigenvalue weighted by Gasteiger charge is -2.13. The molecule has 0 aliphatic heterocycles. The molecule has 2 N–H and O–H groups in total. The van der Waals surface area contributed by atoms with Gasteiger partial charge in [-0.1, -0.05) is 30.3 Å². The van der Waals surface area contributed by atoms with Crippen LogP contribution >= 0.6 is 0 Å². The number of aliphatic hydroxyl groups excluding tert-OH is 1. The highest BCUT2D eigenvalue weighted by Gasteiger charge is 2.19. The molecule has 3 aromatic rings. The summed E-state index contributed by atoms with van der Waals surface area (Å²) in [6.07, 6.45) is 4.35. The van der Waals surface area contributed by atoms with E-state index in [0.717, 1.165) is 27.9 Å². The van der Waals surface area contributed by atoms with Crippen LogP contribution in [0.2, 0.25) is 0 Å². The Balaban J connectivity index is 2.04. The first-order chi connectivity index (χ1) is 9.77. The third-order valence-electron chi connectivity index (χ3n) is 3.40. The van der Waals surface area contributed by atoms with E-state index in [1.165, 1.54) is 0 Å². The largest absolute Gasteiger partial charge is 0.383 e. The average Bonchev–Trinajstić information content (AvgIpc) is 2.97. The molecule has 0 fully saturated rings. The number of pyridine rings is 1. The van der Waals surface area contributed by atoms with E-state index in [0.29, 0.717) is 0 Å². The fourth-order valence-electron chi connectivity index (χ4n) is 2.27. The predicted molar refractivity (Wildman–Crippen MR) is 77.1 cm³/mol. The Kier molecular flexibility index (Phi) is 3.31. The van der Waals surface area contributed by atoms with E-state index < -0.39 is 6.10 Å². The van der Waals surface area contributed by atoms with Crippen molar-refractivity contribution < 1.29 is 5.11 Å². The molecule has 1 atom stereocenters. The number of hydrogen-bond acceptors (Lipinski definition) is 3. The third kappa shape index (κ3) is 2.21. The van der Waals surface area contributed by atoms with Crippen LogP contribution in [0.3, 0.4) is 0 Å². The normalized spacial score (nSPS) is 12.3. The zero-order valence-corrected chi connectivity index (χ0v) is 11.1. The van der Waals surface area contributed by atoms with E-state index in [2.05, 4.69) is 15.2 Å². The molecule has 4 nitrogen and oxygen atoms in total. The molecule has 4 heteroatoms. The molecule has 0 saturated heterocycles. The van der Waals surface area contributed by atoms with Crippen LogP contribution in [0.4, 0.5) is 0 Å². The lowest BCUT2D eigenvalue weighted by molar-refractivity contribution is 0.219. The topological polar surface area (TPSA) is 61.8 Å². The second-order valence-corrected chi connectivity index (χ2v) is 4.70. The number of nitrogens with one attached hydrogen (secondary N) is 1. The van der Waals surface area contributed by atoms with Crippen LogP contribution in [-0.2, 0) is 0 Å². The molecule has 0 aliphatic carbocycles. The van der Waals surface area contributed by atoms with Gasteiger partial charge in [-0.05, 0) is 24.1 Å². The molecule has 1 aromatic carbocycles. The summed E-state index contributed by atoms with van der Waals surface area (Å²) in [5, 5.41) is 17.6. The summed E-state index contributed by atoms with van der Waals surface area (Å²) in [5.74, 6) is 0. The van der Waals surface area contributed by atoms with Gasteiger partial charge in [0.05, 0.1) is 11.9 Å². The lowest BCUT2D eigenvalue weighted by atomic mass is 9.97. The Bertz CT molecular complexity index is 707. The minimum atomic E-state index is -0.738. The number of aromatic nitrogens is 3. The minimum absolute atomic E-state index is 0.738. The third-order valence-corrected chi connectivity index (χ3v) is 3.40. The van der Waals surface area contributed by atoms with Gasteiger partial charge in [0.25, 0.3) is 0 Å². The van der Waals surface area contributed by atoms with E-state index >= 15 is 0 Å². The first-order valence-corrected chi connectivity index (χ1v) is 6.44. The Labute approximate surface area is 117 Å². The van der Waals surface area contributed by atoms with Gasteiger partial charge in [0.1, 0.15) is 6.10 Å². The molecular formula is C16H15N3O. The number of benzene rings is 1. The highest BCUT2D eigenvalue weighted by Crippen LogP contribution is 2.30. The Morgan fingerprint density at radius 3 is 2.60 bits per heavy atom. The smallest absolute Gasteiger partial charge is 0.109 e. The van der Waals surface area contributed by atoms with Crippen LogP contribution in [0.15, 0.2) is 55.0 Å². The average molecular weight is 265 g/mol. The van der Waals surface area contributed by atoms with Gasteiger partial charge >= 0.3 is 0 Å². The van der Waals surface area contributed by atoms with Gasteiger partial charge < -0.3 is 5.11 Å². The van der Waals surface area contributed by atoms with Crippen molar-refractivity contribution in [3.8, 4) is 11.3 Å². The number of nitrogens with zero attached hydrogens (tertiary/aromatic N) is 2. The summed E-state index contributed by atoms with van der Waals surface area (Å²) in [5.41, 5.74) is 4.40. The second-order valence-electron chi connectivity index (χ2n) is 4.70. The second kappa shape index (κ2) is 5.27. The Morgan fingerprint density at radius 1 is 1.05 bits per heavy atom. The molecule has 2 aromatic heterocycles. The van der Waals surface area contributed by atoms with Gasteiger partial charge in [-0.3, -0.25) is 10.1 Å². The van der Waals surface area contributed by atoms with Crippen LogP contribution < -0.4 is 0 Å². The van der Waals surface area contributed by atoms with Crippen molar-refractivity contribution in [3.05, 3.63) is 71.7 Å². The van der Waals surface area contributed by atoms with Gasteiger partial charge in [-0.15, -0.1) is 0 Å². The lowest BCUT2D eigenvalue weighted by Crippen LogP contribution is -2.03. The molecule has 0 bridgehead atoms. The zero-order valence-electron chi connectivity index (χ0n) is 11.1. The molecule has 100 valence electrons.